The Balaban J connectivity index is 1.60. The zero-order chi connectivity index (χ0) is 18.6. The Kier molecular flexibility index (Phi) is 5.30. The predicted octanol–water partition coefficient (Wildman–Crippen LogP) is 2.66. The number of rotatable bonds is 4. The Morgan fingerprint density at radius 3 is 2.56 bits per heavy atom. The van der Waals surface area contributed by atoms with E-state index in [1.807, 2.05) is 12.1 Å². The first kappa shape index (κ1) is 17.9. The lowest BCUT2D eigenvalue weighted by molar-refractivity contribution is 0.348. The normalized spacial score (nSPS) is 17.3. The van der Waals surface area contributed by atoms with Crippen molar-refractivity contribution in [2.45, 2.75) is 32.1 Å². The second-order valence-electron chi connectivity index (χ2n) is 7.27. The van der Waals surface area contributed by atoms with Crippen LogP contribution in [0.4, 0.5) is 11.8 Å². The first-order valence-corrected chi connectivity index (χ1v) is 9.86. The lowest BCUT2D eigenvalue weighted by atomic mass is 10.1. The number of nitrogens with two attached hydrogens (primary N) is 1. The molecule has 2 aliphatic rings. The molecule has 0 unspecified atom stereocenters. The standard InChI is InChI=1S/C21H27N5O/c1-27-19-15-17-18(23-21(24-20(17)22)26-12-6-7-13-26)14-16(19)8-2-3-9-25-10-4-5-11-25/h14-15H,3-7,9-13H2,1H3,(H2,22,23,24). The largest absolute Gasteiger partial charge is 0.495 e. The smallest absolute Gasteiger partial charge is 0.227 e. The van der Waals surface area contributed by atoms with E-state index in [0.717, 1.165) is 54.2 Å². The first-order chi connectivity index (χ1) is 13.2. The minimum Gasteiger partial charge on any atom is -0.495 e. The molecule has 27 heavy (non-hydrogen) atoms. The second-order valence-corrected chi connectivity index (χ2v) is 7.27. The van der Waals surface area contributed by atoms with Crippen LogP contribution >= 0.6 is 0 Å². The van der Waals surface area contributed by atoms with E-state index in [1.54, 1.807) is 7.11 Å². The maximum Gasteiger partial charge on any atom is 0.227 e. The van der Waals surface area contributed by atoms with Gasteiger partial charge in [-0.25, -0.2) is 4.98 Å². The number of aromatic nitrogens is 2. The lowest BCUT2D eigenvalue weighted by Gasteiger charge is -2.16. The third kappa shape index (κ3) is 3.93. The highest BCUT2D eigenvalue weighted by Crippen LogP contribution is 2.29. The lowest BCUT2D eigenvalue weighted by Crippen LogP contribution is -2.21. The van der Waals surface area contributed by atoms with Crippen molar-refractivity contribution in [3.05, 3.63) is 17.7 Å². The van der Waals surface area contributed by atoms with Crippen LogP contribution in [0.1, 0.15) is 37.7 Å². The van der Waals surface area contributed by atoms with Crippen molar-refractivity contribution in [3.63, 3.8) is 0 Å². The summed E-state index contributed by atoms with van der Waals surface area (Å²) in [6.07, 6.45) is 5.85. The van der Waals surface area contributed by atoms with Gasteiger partial charge in [0.2, 0.25) is 5.95 Å². The summed E-state index contributed by atoms with van der Waals surface area (Å²) in [6, 6.07) is 3.89. The maximum atomic E-state index is 6.21. The van der Waals surface area contributed by atoms with Crippen LogP contribution < -0.4 is 15.4 Å². The molecule has 2 N–H and O–H groups in total. The molecule has 142 valence electrons. The molecule has 0 aliphatic carbocycles. The molecule has 6 heteroatoms. The molecule has 1 aromatic heterocycles. The average molecular weight is 365 g/mol. The topological polar surface area (TPSA) is 67.5 Å². The molecule has 1 aromatic carbocycles. The summed E-state index contributed by atoms with van der Waals surface area (Å²) in [7, 11) is 1.66. The Morgan fingerprint density at radius 1 is 1.07 bits per heavy atom. The van der Waals surface area contributed by atoms with E-state index >= 15 is 0 Å². The highest BCUT2D eigenvalue weighted by Gasteiger charge is 2.17. The highest BCUT2D eigenvalue weighted by atomic mass is 16.5. The number of nitrogen functional groups attached to an aromatic ring is 1. The van der Waals surface area contributed by atoms with Gasteiger partial charge in [0, 0.05) is 31.4 Å². The number of likely N-dealkylation sites (tertiary alicyclic amines) is 1. The highest BCUT2D eigenvalue weighted by molar-refractivity contribution is 5.91. The summed E-state index contributed by atoms with van der Waals surface area (Å²) in [5, 5.41) is 0.817. The van der Waals surface area contributed by atoms with Crippen LogP contribution in [-0.4, -0.2) is 54.7 Å². The van der Waals surface area contributed by atoms with Crippen LogP contribution in [0.2, 0.25) is 0 Å². The van der Waals surface area contributed by atoms with Crippen molar-refractivity contribution >= 4 is 22.7 Å². The van der Waals surface area contributed by atoms with Crippen LogP contribution in [0.15, 0.2) is 12.1 Å². The van der Waals surface area contributed by atoms with Gasteiger partial charge >= 0.3 is 0 Å². The van der Waals surface area contributed by atoms with E-state index in [1.165, 1.54) is 38.8 Å². The van der Waals surface area contributed by atoms with Crippen LogP contribution in [0.5, 0.6) is 5.75 Å². The van der Waals surface area contributed by atoms with Crippen molar-refractivity contribution in [3.8, 4) is 17.6 Å². The number of hydrogen-bond acceptors (Lipinski definition) is 6. The number of methoxy groups -OCH3 is 1. The van der Waals surface area contributed by atoms with Gasteiger partial charge in [0.25, 0.3) is 0 Å². The molecule has 2 aliphatic heterocycles. The SMILES string of the molecule is COc1cc2c(N)nc(N3CCCC3)nc2cc1C#CCCN1CCCC1. The number of fused-ring (bicyclic) bond motifs is 1. The minimum atomic E-state index is 0.494. The molecule has 3 heterocycles. The van der Waals surface area contributed by atoms with E-state index in [-0.39, 0.29) is 0 Å². The third-order valence-electron chi connectivity index (χ3n) is 5.40. The summed E-state index contributed by atoms with van der Waals surface area (Å²) in [4.78, 5) is 13.9. The molecule has 0 amide bonds. The fourth-order valence-corrected chi connectivity index (χ4v) is 3.87. The van der Waals surface area contributed by atoms with E-state index in [0.29, 0.717) is 5.82 Å². The van der Waals surface area contributed by atoms with Gasteiger partial charge in [-0.1, -0.05) is 11.8 Å². The Bertz CT molecular complexity index is 873. The fraction of sp³-hybridized carbons (Fsp3) is 0.524. The number of hydrogen-bond donors (Lipinski definition) is 1. The Hall–Kier alpha value is -2.52. The van der Waals surface area contributed by atoms with E-state index < -0.39 is 0 Å². The van der Waals surface area contributed by atoms with Gasteiger partial charge in [0.1, 0.15) is 11.6 Å². The van der Waals surface area contributed by atoms with Gasteiger partial charge in [0.05, 0.1) is 18.2 Å². The Morgan fingerprint density at radius 2 is 1.81 bits per heavy atom. The number of ether oxygens (including phenoxy) is 1. The second kappa shape index (κ2) is 8.01. The molecular formula is C21H27N5O. The van der Waals surface area contributed by atoms with Crippen molar-refractivity contribution in [1.82, 2.24) is 14.9 Å². The molecule has 0 radical (unpaired) electrons. The molecule has 4 rings (SSSR count). The average Bonchev–Trinajstić information content (AvgIpc) is 3.38. The van der Waals surface area contributed by atoms with Crippen LogP contribution in [0, 0.1) is 11.8 Å². The molecule has 2 aromatic rings. The predicted molar refractivity (Wildman–Crippen MR) is 109 cm³/mol. The summed E-state index contributed by atoms with van der Waals surface area (Å²) >= 11 is 0. The number of anilines is 2. The summed E-state index contributed by atoms with van der Waals surface area (Å²) < 4.78 is 5.53. The molecular weight excluding hydrogens is 338 g/mol. The molecule has 0 bridgehead atoms. The van der Waals surface area contributed by atoms with Crippen LogP contribution in [0.25, 0.3) is 10.9 Å². The zero-order valence-corrected chi connectivity index (χ0v) is 16.0. The van der Waals surface area contributed by atoms with Gasteiger partial charge in [0.15, 0.2) is 0 Å². The first-order valence-electron chi connectivity index (χ1n) is 9.86. The number of benzene rings is 1. The third-order valence-corrected chi connectivity index (χ3v) is 5.40. The molecule has 0 atom stereocenters. The molecule has 2 fully saturated rings. The minimum absolute atomic E-state index is 0.494. The number of nitrogens with zero attached hydrogens (tertiary/aromatic N) is 4. The van der Waals surface area contributed by atoms with E-state index in [4.69, 9.17) is 15.5 Å². The van der Waals surface area contributed by atoms with Crippen molar-refractivity contribution in [1.29, 1.82) is 0 Å². The molecule has 6 nitrogen and oxygen atoms in total. The molecule has 2 saturated heterocycles. The zero-order valence-electron chi connectivity index (χ0n) is 16.0. The van der Waals surface area contributed by atoms with Gasteiger partial charge in [-0.15, -0.1) is 0 Å². The summed E-state index contributed by atoms with van der Waals surface area (Å²) in [6.45, 7) is 5.43. The monoisotopic (exact) mass is 365 g/mol. The van der Waals surface area contributed by atoms with Gasteiger partial charge in [-0.05, 0) is 50.9 Å². The van der Waals surface area contributed by atoms with Gasteiger partial charge < -0.3 is 20.3 Å². The maximum absolute atomic E-state index is 6.21. The van der Waals surface area contributed by atoms with Gasteiger partial charge in [-0.3, -0.25) is 0 Å². The van der Waals surface area contributed by atoms with Crippen molar-refractivity contribution < 1.29 is 4.74 Å². The fourth-order valence-electron chi connectivity index (χ4n) is 3.87. The van der Waals surface area contributed by atoms with Crippen LogP contribution in [-0.2, 0) is 0 Å². The van der Waals surface area contributed by atoms with Crippen molar-refractivity contribution in [2.75, 3.05) is 50.5 Å². The van der Waals surface area contributed by atoms with E-state index in [9.17, 15) is 0 Å². The molecule has 0 saturated carbocycles. The summed E-state index contributed by atoms with van der Waals surface area (Å²) in [5.41, 5.74) is 7.90. The molecule has 0 spiro atoms. The van der Waals surface area contributed by atoms with Gasteiger partial charge in [-0.2, -0.15) is 4.98 Å². The van der Waals surface area contributed by atoms with Crippen molar-refractivity contribution in [2.24, 2.45) is 0 Å². The van der Waals surface area contributed by atoms with Crippen LogP contribution in [0.3, 0.4) is 0 Å². The quantitative estimate of drug-likeness (QED) is 0.840. The van der Waals surface area contributed by atoms with E-state index in [2.05, 4.69) is 26.6 Å². The summed E-state index contributed by atoms with van der Waals surface area (Å²) in [5.74, 6) is 8.50. The Labute approximate surface area is 160 Å².